The summed E-state index contributed by atoms with van der Waals surface area (Å²) in [7, 11) is 0. The van der Waals surface area contributed by atoms with Gasteiger partial charge in [0.15, 0.2) is 0 Å². The minimum Gasteiger partial charge on any atom is -0.311 e. The van der Waals surface area contributed by atoms with E-state index in [1.165, 1.54) is 17.5 Å². The van der Waals surface area contributed by atoms with E-state index in [4.69, 9.17) is 0 Å². The van der Waals surface area contributed by atoms with Gasteiger partial charge in [0.2, 0.25) is 0 Å². The normalized spacial score (nSPS) is 24.9. The van der Waals surface area contributed by atoms with E-state index in [9.17, 15) is 0 Å². The first kappa shape index (κ1) is 14.5. The van der Waals surface area contributed by atoms with Crippen LogP contribution in [0.1, 0.15) is 38.3 Å². The second-order valence-corrected chi connectivity index (χ2v) is 6.45. The highest BCUT2D eigenvalue weighted by Crippen LogP contribution is 2.19. The summed E-state index contributed by atoms with van der Waals surface area (Å²) < 4.78 is 0. The molecule has 2 unspecified atom stereocenters. The zero-order chi connectivity index (χ0) is 13.8. The predicted octanol–water partition coefficient (Wildman–Crippen LogP) is 3.20. The summed E-state index contributed by atoms with van der Waals surface area (Å²) in [6, 6.07) is 10.1. The van der Waals surface area contributed by atoms with Crippen molar-refractivity contribution < 1.29 is 0 Å². The Morgan fingerprint density at radius 2 is 2.05 bits per heavy atom. The lowest BCUT2D eigenvalue weighted by Gasteiger charge is -2.40. The Morgan fingerprint density at radius 3 is 2.74 bits per heavy atom. The van der Waals surface area contributed by atoms with Gasteiger partial charge in [0.25, 0.3) is 0 Å². The van der Waals surface area contributed by atoms with Crippen molar-refractivity contribution in [2.75, 3.05) is 13.1 Å². The summed E-state index contributed by atoms with van der Waals surface area (Å²) in [5, 5.41) is 3.63. The van der Waals surface area contributed by atoms with Crippen molar-refractivity contribution in [3.8, 4) is 0 Å². The number of benzene rings is 1. The van der Waals surface area contributed by atoms with Crippen molar-refractivity contribution in [3.63, 3.8) is 0 Å². The lowest BCUT2D eigenvalue weighted by atomic mass is 9.98. The summed E-state index contributed by atoms with van der Waals surface area (Å²) in [5.74, 6) is 0.763. The van der Waals surface area contributed by atoms with E-state index in [0.717, 1.165) is 25.6 Å². The third-order valence-electron chi connectivity index (χ3n) is 4.10. The Balaban J connectivity index is 2.07. The molecule has 0 radical (unpaired) electrons. The lowest BCUT2D eigenvalue weighted by molar-refractivity contribution is 0.111. The average molecular weight is 260 g/mol. The van der Waals surface area contributed by atoms with Crippen molar-refractivity contribution in [2.45, 2.75) is 52.7 Å². The first-order valence-corrected chi connectivity index (χ1v) is 7.58. The van der Waals surface area contributed by atoms with Crippen molar-refractivity contribution in [3.05, 3.63) is 35.4 Å². The van der Waals surface area contributed by atoms with Crippen LogP contribution in [0.2, 0.25) is 0 Å². The van der Waals surface area contributed by atoms with Crippen molar-refractivity contribution in [2.24, 2.45) is 5.92 Å². The minimum absolute atomic E-state index is 0.604. The van der Waals surface area contributed by atoms with Gasteiger partial charge in [-0.25, -0.2) is 0 Å². The van der Waals surface area contributed by atoms with Crippen LogP contribution in [0.3, 0.4) is 0 Å². The highest BCUT2D eigenvalue weighted by molar-refractivity contribution is 5.25. The van der Waals surface area contributed by atoms with E-state index in [1.54, 1.807) is 0 Å². The molecule has 2 nitrogen and oxygen atoms in total. The average Bonchev–Trinajstić information content (AvgIpc) is 2.35. The lowest BCUT2D eigenvalue weighted by Crippen LogP contribution is -2.55. The molecule has 2 atom stereocenters. The fraction of sp³-hybridized carbons (Fsp3) is 0.647. The second kappa shape index (κ2) is 6.53. The summed E-state index contributed by atoms with van der Waals surface area (Å²) in [5.41, 5.74) is 2.89. The molecule has 2 rings (SSSR count). The Bertz CT molecular complexity index is 400. The van der Waals surface area contributed by atoms with Crippen LogP contribution in [-0.2, 0) is 6.54 Å². The van der Waals surface area contributed by atoms with Crippen LogP contribution < -0.4 is 5.32 Å². The van der Waals surface area contributed by atoms with E-state index in [-0.39, 0.29) is 0 Å². The molecule has 0 aliphatic carbocycles. The van der Waals surface area contributed by atoms with E-state index >= 15 is 0 Å². The van der Waals surface area contributed by atoms with Gasteiger partial charge in [0, 0.05) is 31.7 Å². The fourth-order valence-corrected chi connectivity index (χ4v) is 3.01. The number of piperazine rings is 1. The smallest absolute Gasteiger partial charge is 0.0240 e. The molecule has 0 aromatic heterocycles. The molecule has 0 saturated carbocycles. The van der Waals surface area contributed by atoms with Gasteiger partial charge in [-0.05, 0) is 37.3 Å². The predicted molar refractivity (Wildman–Crippen MR) is 82.3 cm³/mol. The van der Waals surface area contributed by atoms with Crippen molar-refractivity contribution in [1.29, 1.82) is 0 Å². The maximum absolute atomic E-state index is 3.63. The van der Waals surface area contributed by atoms with Crippen LogP contribution >= 0.6 is 0 Å². The number of hydrogen-bond acceptors (Lipinski definition) is 2. The topological polar surface area (TPSA) is 15.3 Å². The number of rotatable bonds is 4. The van der Waals surface area contributed by atoms with Crippen LogP contribution in [0, 0.1) is 12.8 Å². The molecule has 1 fully saturated rings. The maximum atomic E-state index is 3.63. The Kier molecular flexibility index (Phi) is 5.00. The molecular weight excluding hydrogens is 232 g/mol. The van der Waals surface area contributed by atoms with Crippen molar-refractivity contribution >= 4 is 0 Å². The SMILES string of the molecule is Cc1ccccc1CN1CC(C)NCC1CC(C)C. The third kappa shape index (κ3) is 4.05. The summed E-state index contributed by atoms with van der Waals surface area (Å²) in [6.45, 7) is 12.5. The summed E-state index contributed by atoms with van der Waals surface area (Å²) in [6.07, 6.45) is 1.28. The van der Waals surface area contributed by atoms with Gasteiger partial charge in [-0.3, -0.25) is 4.90 Å². The van der Waals surface area contributed by atoms with E-state index < -0.39 is 0 Å². The summed E-state index contributed by atoms with van der Waals surface area (Å²) >= 11 is 0. The Labute approximate surface area is 118 Å². The van der Waals surface area contributed by atoms with E-state index in [1.807, 2.05) is 0 Å². The first-order chi connectivity index (χ1) is 9.06. The van der Waals surface area contributed by atoms with Gasteiger partial charge in [0.1, 0.15) is 0 Å². The second-order valence-electron chi connectivity index (χ2n) is 6.45. The molecule has 1 aliphatic heterocycles. The molecule has 0 spiro atoms. The number of nitrogens with one attached hydrogen (secondary N) is 1. The molecule has 0 amide bonds. The molecular formula is C17H28N2. The highest BCUT2D eigenvalue weighted by Gasteiger charge is 2.26. The molecule has 1 aromatic rings. The van der Waals surface area contributed by atoms with Gasteiger partial charge in [0.05, 0.1) is 0 Å². The monoisotopic (exact) mass is 260 g/mol. The van der Waals surface area contributed by atoms with Crippen LogP contribution in [0.4, 0.5) is 0 Å². The largest absolute Gasteiger partial charge is 0.311 e. The molecule has 19 heavy (non-hydrogen) atoms. The van der Waals surface area contributed by atoms with E-state index in [0.29, 0.717) is 12.1 Å². The molecule has 0 bridgehead atoms. The van der Waals surface area contributed by atoms with Crippen LogP contribution in [0.5, 0.6) is 0 Å². The molecule has 2 heteroatoms. The van der Waals surface area contributed by atoms with Crippen LogP contribution in [0.25, 0.3) is 0 Å². The number of aryl methyl sites for hydroxylation is 1. The van der Waals surface area contributed by atoms with Gasteiger partial charge in [-0.1, -0.05) is 38.1 Å². The third-order valence-corrected chi connectivity index (χ3v) is 4.10. The standard InChI is InChI=1S/C17H28N2/c1-13(2)9-17-10-18-15(4)11-19(17)12-16-8-6-5-7-14(16)3/h5-8,13,15,17-18H,9-12H2,1-4H3. The summed E-state index contributed by atoms with van der Waals surface area (Å²) in [4.78, 5) is 2.67. The quantitative estimate of drug-likeness (QED) is 0.894. The van der Waals surface area contributed by atoms with Gasteiger partial charge in [-0.15, -0.1) is 0 Å². The van der Waals surface area contributed by atoms with Crippen LogP contribution in [0.15, 0.2) is 24.3 Å². The Hall–Kier alpha value is -0.860. The first-order valence-electron chi connectivity index (χ1n) is 7.58. The fourth-order valence-electron chi connectivity index (χ4n) is 3.01. The molecule has 1 saturated heterocycles. The molecule has 1 heterocycles. The number of nitrogens with zero attached hydrogens (tertiary/aromatic N) is 1. The van der Waals surface area contributed by atoms with E-state index in [2.05, 4.69) is 62.2 Å². The molecule has 106 valence electrons. The maximum Gasteiger partial charge on any atom is 0.0240 e. The molecule has 1 aliphatic rings. The van der Waals surface area contributed by atoms with Crippen LogP contribution in [-0.4, -0.2) is 30.1 Å². The van der Waals surface area contributed by atoms with Gasteiger partial charge >= 0.3 is 0 Å². The zero-order valence-corrected chi connectivity index (χ0v) is 12.8. The van der Waals surface area contributed by atoms with Gasteiger partial charge in [-0.2, -0.15) is 0 Å². The van der Waals surface area contributed by atoms with Gasteiger partial charge < -0.3 is 5.32 Å². The highest BCUT2D eigenvalue weighted by atomic mass is 15.2. The number of hydrogen-bond donors (Lipinski definition) is 1. The minimum atomic E-state index is 0.604. The zero-order valence-electron chi connectivity index (χ0n) is 12.8. The Morgan fingerprint density at radius 1 is 1.32 bits per heavy atom. The molecule has 1 N–H and O–H groups in total. The van der Waals surface area contributed by atoms with Crippen molar-refractivity contribution in [1.82, 2.24) is 10.2 Å². The molecule has 1 aromatic carbocycles.